The highest BCUT2D eigenvalue weighted by Crippen LogP contribution is 2.18. The Balaban J connectivity index is 0. The topological polar surface area (TPSA) is 94.3 Å². The molecule has 9 heteroatoms. The smallest absolute Gasteiger partial charge is 0.225 e. The second-order valence-electron chi connectivity index (χ2n) is 2.76. The monoisotopic (exact) mass is 307 g/mol. The van der Waals surface area contributed by atoms with Crippen molar-refractivity contribution < 1.29 is 16.8 Å². The van der Waals surface area contributed by atoms with Gasteiger partial charge in [-0.15, -0.1) is 24.8 Å². The molecule has 1 aromatic rings. The lowest BCUT2D eigenvalue weighted by Crippen LogP contribution is -2.16. The molecule has 0 spiro atoms. The highest BCUT2D eigenvalue weighted by Gasteiger charge is 2.19. The minimum Gasteiger partial charge on any atom is -0.225 e. The Bertz CT molecular complexity index is 503. The summed E-state index contributed by atoms with van der Waals surface area (Å²) in [6.07, 6.45) is 0.928. The number of sulfonamides is 1. The fourth-order valence-corrected chi connectivity index (χ4v) is 3.17. The van der Waals surface area contributed by atoms with Crippen molar-refractivity contribution in [1.82, 2.24) is 0 Å². The van der Waals surface area contributed by atoms with E-state index in [1.54, 1.807) is 0 Å². The second kappa shape index (κ2) is 5.83. The van der Waals surface area contributed by atoms with Crippen molar-refractivity contribution in [2.45, 2.75) is 9.79 Å². The minimum absolute atomic E-state index is 0. The summed E-state index contributed by atoms with van der Waals surface area (Å²) < 4.78 is 44.4. The van der Waals surface area contributed by atoms with Crippen LogP contribution in [0.5, 0.6) is 0 Å². The second-order valence-corrected chi connectivity index (χ2v) is 6.28. The number of sulfone groups is 1. The Labute approximate surface area is 107 Å². The van der Waals surface area contributed by atoms with Crippen LogP contribution in [0.4, 0.5) is 0 Å². The van der Waals surface area contributed by atoms with Gasteiger partial charge in [0.1, 0.15) is 4.90 Å². The first kappa shape index (κ1) is 18.0. The van der Waals surface area contributed by atoms with Crippen molar-refractivity contribution >= 4 is 44.7 Å². The van der Waals surface area contributed by atoms with E-state index in [1.165, 1.54) is 18.2 Å². The van der Waals surface area contributed by atoms with Crippen molar-refractivity contribution in [3.05, 3.63) is 24.3 Å². The molecule has 1 rings (SSSR count). The Kier molecular flexibility index (Phi) is 6.57. The zero-order valence-corrected chi connectivity index (χ0v) is 11.4. The standard InChI is InChI=1S/C7H9NO4S2.2ClH/c1-13(9,10)6-4-2-3-5-7(6)14(8,11)12;;/h2-5H,1H3,(H2,8,11,12);2*1H. The lowest BCUT2D eigenvalue weighted by Gasteiger charge is -2.04. The van der Waals surface area contributed by atoms with Crippen LogP contribution in [-0.2, 0) is 19.9 Å². The third kappa shape index (κ3) is 4.26. The van der Waals surface area contributed by atoms with Crippen molar-refractivity contribution in [2.75, 3.05) is 6.26 Å². The maximum atomic E-state index is 11.2. The normalized spacial score (nSPS) is 11.1. The first-order valence-electron chi connectivity index (χ1n) is 3.55. The maximum Gasteiger partial charge on any atom is 0.239 e. The number of primary sulfonamides is 1. The molecule has 5 nitrogen and oxygen atoms in total. The van der Waals surface area contributed by atoms with Crippen LogP contribution in [0.15, 0.2) is 34.1 Å². The molecule has 0 aliphatic rings. The van der Waals surface area contributed by atoms with Crippen molar-refractivity contribution in [3.8, 4) is 0 Å². The van der Waals surface area contributed by atoms with Crippen molar-refractivity contribution in [3.63, 3.8) is 0 Å². The van der Waals surface area contributed by atoms with Crippen LogP contribution in [0, 0.1) is 0 Å². The predicted octanol–water partition coefficient (Wildman–Crippen LogP) is 0.581. The van der Waals surface area contributed by atoms with E-state index in [1.807, 2.05) is 0 Å². The molecular formula is C7H11Cl2NO4S2. The van der Waals surface area contributed by atoms with E-state index in [9.17, 15) is 16.8 Å². The zero-order chi connectivity index (χ0) is 11.0. The molecule has 0 heterocycles. The van der Waals surface area contributed by atoms with E-state index in [-0.39, 0.29) is 34.6 Å². The molecule has 2 N–H and O–H groups in total. The minimum atomic E-state index is -4.00. The van der Waals surface area contributed by atoms with Crippen molar-refractivity contribution in [2.24, 2.45) is 5.14 Å². The van der Waals surface area contributed by atoms with Gasteiger partial charge in [0.15, 0.2) is 9.84 Å². The summed E-state index contributed by atoms with van der Waals surface area (Å²) in [6, 6.07) is 5.21. The van der Waals surface area contributed by atoms with E-state index in [2.05, 4.69) is 0 Å². The highest BCUT2D eigenvalue weighted by molar-refractivity contribution is 7.93. The van der Waals surface area contributed by atoms with E-state index in [4.69, 9.17) is 5.14 Å². The van der Waals surface area contributed by atoms with Gasteiger partial charge in [0.2, 0.25) is 10.0 Å². The van der Waals surface area contributed by atoms with Crippen LogP contribution in [-0.4, -0.2) is 23.1 Å². The number of halogens is 2. The summed E-state index contributed by atoms with van der Waals surface area (Å²) in [5, 5.41) is 4.86. The Morgan fingerprint density at radius 3 is 1.56 bits per heavy atom. The first-order chi connectivity index (χ1) is 6.23. The third-order valence-corrected chi connectivity index (χ3v) is 3.81. The van der Waals surface area contributed by atoms with E-state index in [0.717, 1.165) is 12.3 Å². The van der Waals surface area contributed by atoms with E-state index in [0.29, 0.717) is 0 Å². The first-order valence-corrected chi connectivity index (χ1v) is 6.98. The van der Waals surface area contributed by atoms with Crippen LogP contribution in [0.25, 0.3) is 0 Å². The molecule has 0 aromatic heterocycles. The van der Waals surface area contributed by atoms with E-state index >= 15 is 0 Å². The lowest BCUT2D eigenvalue weighted by atomic mass is 10.4. The van der Waals surface area contributed by atoms with Crippen LogP contribution < -0.4 is 5.14 Å². The van der Waals surface area contributed by atoms with Gasteiger partial charge >= 0.3 is 0 Å². The fourth-order valence-electron chi connectivity index (χ4n) is 0.992. The summed E-state index contributed by atoms with van der Waals surface area (Å²) in [4.78, 5) is -0.648. The van der Waals surface area contributed by atoms with Gasteiger partial charge in [0.05, 0.1) is 4.90 Å². The van der Waals surface area contributed by atoms with Gasteiger partial charge in [0, 0.05) is 6.26 Å². The summed E-state index contributed by atoms with van der Waals surface area (Å²) in [7, 11) is -7.57. The molecule has 1 aromatic carbocycles. The van der Waals surface area contributed by atoms with Crippen LogP contribution in [0.3, 0.4) is 0 Å². The number of benzene rings is 1. The summed E-state index contributed by atoms with van der Waals surface area (Å²) in [6.45, 7) is 0. The molecule has 0 saturated heterocycles. The van der Waals surface area contributed by atoms with E-state index < -0.39 is 19.9 Å². The number of rotatable bonds is 2. The van der Waals surface area contributed by atoms with Crippen LogP contribution in [0.2, 0.25) is 0 Å². The summed E-state index contributed by atoms with van der Waals surface area (Å²) in [5.74, 6) is 0. The van der Waals surface area contributed by atoms with Gasteiger partial charge in [-0.2, -0.15) is 0 Å². The highest BCUT2D eigenvalue weighted by atomic mass is 35.5. The SMILES string of the molecule is CS(=O)(=O)c1ccccc1S(N)(=O)=O.Cl.Cl. The fraction of sp³-hybridized carbons (Fsp3) is 0.143. The zero-order valence-electron chi connectivity index (χ0n) is 8.15. The quantitative estimate of drug-likeness (QED) is 0.864. The molecule has 0 aliphatic heterocycles. The summed E-state index contributed by atoms with van der Waals surface area (Å²) in [5.41, 5.74) is 0. The van der Waals surface area contributed by atoms with Gasteiger partial charge in [0.25, 0.3) is 0 Å². The summed E-state index contributed by atoms with van der Waals surface area (Å²) >= 11 is 0. The van der Waals surface area contributed by atoms with Gasteiger partial charge < -0.3 is 0 Å². The molecule has 0 fully saturated rings. The molecule has 94 valence electrons. The average molecular weight is 308 g/mol. The van der Waals surface area contributed by atoms with Gasteiger partial charge in [-0.05, 0) is 12.1 Å². The number of hydrogen-bond donors (Lipinski definition) is 1. The van der Waals surface area contributed by atoms with Gasteiger partial charge in [-0.3, -0.25) is 0 Å². The average Bonchev–Trinajstić information content (AvgIpc) is 2.01. The predicted molar refractivity (Wildman–Crippen MR) is 65.4 cm³/mol. The Morgan fingerprint density at radius 2 is 1.31 bits per heavy atom. The molecular weight excluding hydrogens is 297 g/mol. The largest absolute Gasteiger partial charge is 0.239 e. The Morgan fingerprint density at radius 1 is 0.938 bits per heavy atom. The molecule has 0 amide bonds. The maximum absolute atomic E-state index is 11.2. The molecule has 0 bridgehead atoms. The number of hydrogen-bond acceptors (Lipinski definition) is 4. The lowest BCUT2D eigenvalue weighted by molar-refractivity contribution is 0.586. The van der Waals surface area contributed by atoms with Crippen LogP contribution >= 0.6 is 24.8 Å². The molecule has 0 radical (unpaired) electrons. The van der Waals surface area contributed by atoms with Gasteiger partial charge in [-0.25, -0.2) is 22.0 Å². The molecule has 0 unspecified atom stereocenters. The molecule has 0 aliphatic carbocycles. The molecule has 0 saturated carbocycles. The van der Waals surface area contributed by atoms with Gasteiger partial charge in [-0.1, -0.05) is 12.1 Å². The van der Waals surface area contributed by atoms with Crippen LogP contribution in [0.1, 0.15) is 0 Å². The molecule has 16 heavy (non-hydrogen) atoms. The van der Waals surface area contributed by atoms with Crippen molar-refractivity contribution in [1.29, 1.82) is 0 Å². The Hall–Kier alpha value is -0.340. The molecule has 0 atom stereocenters. The third-order valence-electron chi connectivity index (χ3n) is 1.56. The number of nitrogens with two attached hydrogens (primary N) is 1.